The quantitative estimate of drug-likeness (QED) is 0.687. The van der Waals surface area contributed by atoms with Crippen LogP contribution in [-0.2, 0) is 0 Å². The standard InChI is InChI=1S/C17H18N2OS/c1-3-20-14-9-10-15-16(11-14)19-17(18-15)21-12(2)13-7-5-4-6-8-13/h4-12H,3H2,1-2H3,(H,18,19). The number of rotatable bonds is 5. The molecule has 1 unspecified atom stereocenters. The predicted octanol–water partition coefficient (Wildman–Crippen LogP) is 4.81. The van der Waals surface area contributed by atoms with E-state index in [0.717, 1.165) is 21.9 Å². The van der Waals surface area contributed by atoms with Crippen molar-refractivity contribution in [2.45, 2.75) is 24.3 Å². The van der Waals surface area contributed by atoms with Crippen LogP contribution in [-0.4, -0.2) is 16.6 Å². The number of nitrogens with zero attached hydrogens (tertiary/aromatic N) is 1. The molecular formula is C17H18N2OS. The average molecular weight is 298 g/mol. The summed E-state index contributed by atoms with van der Waals surface area (Å²) in [5.41, 5.74) is 3.29. The zero-order valence-corrected chi connectivity index (χ0v) is 13.0. The molecule has 0 spiro atoms. The van der Waals surface area contributed by atoms with Gasteiger partial charge in [0.15, 0.2) is 5.16 Å². The summed E-state index contributed by atoms with van der Waals surface area (Å²) in [7, 11) is 0. The Morgan fingerprint density at radius 3 is 2.76 bits per heavy atom. The number of ether oxygens (including phenoxy) is 1. The molecule has 0 amide bonds. The molecule has 0 saturated carbocycles. The molecule has 1 N–H and O–H groups in total. The van der Waals surface area contributed by atoms with Crippen molar-refractivity contribution >= 4 is 22.8 Å². The van der Waals surface area contributed by atoms with Gasteiger partial charge >= 0.3 is 0 Å². The van der Waals surface area contributed by atoms with Gasteiger partial charge < -0.3 is 9.72 Å². The van der Waals surface area contributed by atoms with Gasteiger partial charge in [0.05, 0.1) is 17.6 Å². The molecule has 4 heteroatoms. The first-order chi connectivity index (χ1) is 10.3. The minimum atomic E-state index is 0.359. The monoisotopic (exact) mass is 298 g/mol. The Labute approximate surface area is 128 Å². The minimum Gasteiger partial charge on any atom is -0.494 e. The first-order valence-electron chi connectivity index (χ1n) is 7.10. The third-order valence-electron chi connectivity index (χ3n) is 3.30. The van der Waals surface area contributed by atoms with Crippen LogP contribution >= 0.6 is 11.8 Å². The maximum absolute atomic E-state index is 5.52. The lowest BCUT2D eigenvalue weighted by molar-refractivity contribution is 0.340. The van der Waals surface area contributed by atoms with E-state index in [1.54, 1.807) is 11.8 Å². The number of nitrogens with one attached hydrogen (secondary N) is 1. The van der Waals surface area contributed by atoms with Crippen molar-refractivity contribution in [3.63, 3.8) is 0 Å². The Morgan fingerprint density at radius 1 is 1.19 bits per heavy atom. The van der Waals surface area contributed by atoms with Gasteiger partial charge in [0.25, 0.3) is 0 Å². The molecular weight excluding hydrogens is 280 g/mol. The Morgan fingerprint density at radius 2 is 2.00 bits per heavy atom. The van der Waals surface area contributed by atoms with E-state index in [-0.39, 0.29) is 0 Å². The van der Waals surface area contributed by atoms with Crippen LogP contribution in [0.3, 0.4) is 0 Å². The molecule has 3 nitrogen and oxygen atoms in total. The van der Waals surface area contributed by atoms with E-state index in [2.05, 4.69) is 41.2 Å². The van der Waals surface area contributed by atoms with Crippen LogP contribution in [0.1, 0.15) is 24.7 Å². The molecule has 108 valence electrons. The van der Waals surface area contributed by atoms with Crippen molar-refractivity contribution in [1.29, 1.82) is 0 Å². The van der Waals surface area contributed by atoms with E-state index < -0.39 is 0 Å². The van der Waals surface area contributed by atoms with Gasteiger partial charge in [0, 0.05) is 11.3 Å². The fourth-order valence-corrected chi connectivity index (χ4v) is 3.19. The second-order valence-corrected chi connectivity index (χ2v) is 6.15. The van der Waals surface area contributed by atoms with Crippen molar-refractivity contribution in [1.82, 2.24) is 9.97 Å². The van der Waals surface area contributed by atoms with Gasteiger partial charge in [0.1, 0.15) is 5.75 Å². The molecule has 0 radical (unpaired) electrons. The van der Waals surface area contributed by atoms with Crippen molar-refractivity contribution in [3.8, 4) is 5.75 Å². The molecule has 1 atom stereocenters. The maximum atomic E-state index is 5.52. The highest BCUT2D eigenvalue weighted by molar-refractivity contribution is 7.99. The van der Waals surface area contributed by atoms with Gasteiger partial charge in [-0.3, -0.25) is 0 Å². The summed E-state index contributed by atoms with van der Waals surface area (Å²) in [6, 6.07) is 16.4. The lowest BCUT2D eigenvalue weighted by Crippen LogP contribution is -1.90. The largest absolute Gasteiger partial charge is 0.494 e. The van der Waals surface area contributed by atoms with E-state index in [4.69, 9.17) is 4.74 Å². The second kappa shape index (κ2) is 6.22. The maximum Gasteiger partial charge on any atom is 0.166 e. The molecule has 0 fully saturated rings. The van der Waals surface area contributed by atoms with Gasteiger partial charge in [-0.1, -0.05) is 42.1 Å². The van der Waals surface area contributed by atoms with E-state index in [1.807, 2.05) is 31.2 Å². The van der Waals surface area contributed by atoms with Crippen LogP contribution in [0.5, 0.6) is 5.75 Å². The van der Waals surface area contributed by atoms with Gasteiger partial charge in [-0.2, -0.15) is 0 Å². The molecule has 0 aliphatic carbocycles. The topological polar surface area (TPSA) is 37.9 Å². The van der Waals surface area contributed by atoms with E-state index in [0.29, 0.717) is 11.9 Å². The fraction of sp³-hybridized carbons (Fsp3) is 0.235. The summed E-state index contributed by atoms with van der Waals surface area (Å²) in [5, 5.41) is 1.30. The summed E-state index contributed by atoms with van der Waals surface area (Å²) >= 11 is 1.73. The number of H-pyrrole nitrogens is 1. The Hall–Kier alpha value is -1.94. The summed E-state index contributed by atoms with van der Waals surface area (Å²) in [6.07, 6.45) is 0. The molecule has 21 heavy (non-hydrogen) atoms. The number of hydrogen-bond acceptors (Lipinski definition) is 3. The van der Waals surface area contributed by atoms with Gasteiger partial charge in [-0.15, -0.1) is 0 Å². The summed E-state index contributed by atoms with van der Waals surface area (Å²) < 4.78 is 5.52. The summed E-state index contributed by atoms with van der Waals surface area (Å²) in [4.78, 5) is 8.00. The molecule has 1 heterocycles. The van der Waals surface area contributed by atoms with Crippen molar-refractivity contribution in [2.75, 3.05) is 6.61 Å². The third-order valence-corrected chi connectivity index (χ3v) is 4.34. The molecule has 0 bridgehead atoms. The highest BCUT2D eigenvalue weighted by Crippen LogP contribution is 2.34. The highest BCUT2D eigenvalue weighted by atomic mass is 32.2. The van der Waals surface area contributed by atoms with E-state index in [1.165, 1.54) is 5.56 Å². The Balaban J connectivity index is 1.81. The Kier molecular flexibility index (Phi) is 4.15. The van der Waals surface area contributed by atoms with Crippen LogP contribution in [0.15, 0.2) is 53.7 Å². The molecule has 0 saturated heterocycles. The molecule has 0 aliphatic heterocycles. The SMILES string of the molecule is CCOc1ccc2nc(SC(C)c3ccccc3)[nH]c2c1. The molecule has 2 aromatic carbocycles. The zero-order chi connectivity index (χ0) is 14.7. The number of thioether (sulfide) groups is 1. The van der Waals surface area contributed by atoms with E-state index >= 15 is 0 Å². The van der Waals surface area contributed by atoms with Crippen LogP contribution in [0.4, 0.5) is 0 Å². The van der Waals surface area contributed by atoms with Gasteiger partial charge in [-0.05, 0) is 31.5 Å². The lowest BCUT2D eigenvalue weighted by atomic mass is 10.2. The third kappa shape index (κ3) is 3.22. The smallest absolute Gasteiger partial charge is 0.166 e. The number of aromatic nitrogens is 2. The van der Waals surface area contributed by atoms with Crippen LogP contribution in [0, 0.1) is 0 Å². The highest BCUT2D eigenvalue weighted by Gasteiger charge is 2.11. The minimum absolute atomic E-state index is 0.359. The van der Waals surface area contributed by atoms with Crippen LogP contribution in [0.2, 0.25) is 0 Å². The van der Waals surface area contributed by atoms with Gasteiger partial charge in [0.2, 0.25) is 0 Å². The number of imidazole rings is 1. The average Bonchev–Trinajstić information content (AvgIpc) is 2.90. The first-order valence-corrected chi connectivity index (χ1v) is 7.98. The Bertz CT molecular complexity index is 724. The zero-order valence-electron chi connectivity index (χ0n) is 12.2. The molecule has 1 aromatic heterocycles. The normalized spacial score (nSPS) is 12.5. The van der Waals surface area contributed by atoms with Crippen LogP contribution < -0.4 is 4.74 Å². The number of fused-ring (bicyclic) bond motifs is 1. The van der Waals surface area contributed by atoms with Gasteiger partial charge in [-0.25, -0.2) is 4.98 Å². The predicted molar refractivity (Wildman–Crippen MR) is 88.0 cm³/mol. The van der Waals surface area contributed by atoms with Crippen molar-refractivity contribution < 1.29 is 4.74 Å². The van der Waals surface area contributed by atoms with Crippen molar-refractivity contribution in [3.05, 3.63) is 54.1 Å². The van der Waals surface area contributed by atoms with Crippen LogP contribution in [0.25, 0.3) is 11.0 Å². The molecule has 3 aromatic rings. The number of benzene rings is 2. The molecule has 3 rings (SSSR count). The summed E-state index contributed by atoms with van der Waals surface area (Å²) in [6.45, 7) is 4.85. The van der Waals surface area contributed by atoms with E-state index in [9.17, 15) is 0 Å². The summed E-state index contributed by atoms with van der Waals surface area (Å²) in [5.74, 6) is 0.876. The molecule has 0 aliphatic rings. The lowest BCUT2D eigenvalue weighted by Gasteiger charge is -2.08. The van der Waals surface area contributed by atoms with Crippen molar-refractivity contribution in [2.24, 2.45) is 0 Å². The first kappa shape index (κ1) is 14.0. The fourth-order valence-electron chi connectivity index (χ4n) is 2.24. The number of aromatic amines is 1. The number of hydrogen-bond donors (Lipinski definition) is 1. The second-order valence-electron chi connectivity index (χ2n) is 4.82.